The highest BCUT2D eigenvalue weighted by molar-refractivity contribution is 7.53. The summed E-state index contributed by atoms with van der Waals surface area (Å²) in [4.78, 5) is 9.80. The maximum absolute atomic E-state index is 13.5. The van der Waals surface area contributed by atoms with Gasteiger partial charge in [-0.05, 0) is 39.2 Å². The minimum atomic E-state index is -3.37. The summed E-state index contributed by atoms with van der Waals surface area (Å²) in [6, 6.07) is 9.18. The number of rotatable bonds is 14. The zero-order valence-corrected chi connectivity index (χ0v) is 22.3. The van der Waals surface area contributed by atoms with Gasteiger partial charge in [0, 0.05) is 5.92 Å². The van der Waals surface area contributed by atoms with Crippen LogP contribution in [0.2, 0.25) is 0 Å². The first-order valence-electron chi connectivity index (χ1n) is 12.3. The number of aliphatic imine (C=N–C) groups is 2. The molecule has 192 valence electrons. The maximum Gasteiger partial charge on any atom is 0.331 e. The summed E-state index contributed by atoms with van der Waals surface area (Å²) in [6.45, 7) is 13.8. The molecule has 0 N–H and O–H groups in total. The van der Waals surface area contributed by atoms with E-state index in [1.807, 2.05) is 44.2 Å². The van der Waals surface area contributed by atoms with Gasteiger partial charge in [-0.1, -0.05) is 44.2 Å². The van der Waals surface area contributed by atoms with E-state index >= 15 is 0 Å². The number of ether oxygens (including phenoxy) is 3. The van der Waals surface area contributed by atoms with Crippen LogP contribution in [0.25, 0.3) is 0 Å². The summed E-state index contributed by atoms with van der Waals surface area (Å²) < 4.78 is 42.6. The van der Waals surface area contributed by atoms with Crippen molar-refractivity contribution in [1.82, 2.24) is 0 Å². The van der Waals surface area contributed by atoms with Gasteiger partial charge >= 0.3 is 7.60 Å². The lowest BCUT2D eigenvalue weighted by molar-refractivity contribution is 0.0845. The van der Waals surface area contributed by atoms with Gasteiger partial charge in [-0.2, -0.15) is 0 Å². The van der Waals surface area contributed by atoms with Crippen molar-refractivity contribution in [2.24, 2.45) is 21.8 Å². The van der Waals surface area contributed by atoms with E-state index in [1.165, 1.54) is 0 Å². The number of hydrogen-bond acceptors (Lipinski definition) is 8. The maximum atomic E-state index is 13.5. The summed E-state index contributed by atoms with van der Waals surface area (Å²) in [6.07, 6.45) is 0.134. The van der Waals surface area contributed by atoms with Gasteiger partial charge in [0.25, 0.3) is 0 Å². The van der Waals surface area contributed by atoms with Gasteiger partial charge in [0.05, 0.1) is 45.8 Å². The van der Waals surface area contributed by atoms with Crippen LogP contribution < -0.4 is 0 Å². The van der Waals surface area contributed by atoms with Gasteiger partial charge in [-0.3, -0.25) is 4.57 Å². The molecule has 1 aromatic carbocycles. The Morgan fingerprint density at radius 2 is 1.41 bits per heavy atom. The van der Waals surface area contributed by atoms with Crippen molar-refractivity contribution in [3.05, 3.63) is 35.9 Å². The largest absolute Gasteiger partial charge is 0.480 e. The molecule has 0 amide bonds. The van der Waals surface area contributed by atoms with Crippen molar-refractivity contribution in [3.63, 3.8) is 0 Å². The molecule has 2 rings (SSSR count). The van der Waals surface area contributed by atoms with E-state index in [9.17, 15) is 4.57 Å². The first kappa shape index (κ1) is 28.5. The Labute approximate surface area is 204 Å². The molecule has 0 radical (unpaired) electrons. The third kappa shape index (κ3) is 8.49. The first-order valence-corrected chi connectivity index (χ1v) is 14.0. The van der Waals surface area contributed by atoms with E-state index in [0.717, 1.165) is 5.56 Å². The molecule has 0 fully saturated rings. The SMILES string of the molecule is CCOC1=N[C@H]([C@H](COCc2ccccc2)CP(=O)(OCC)OCC)C(OCC)=N[C@H]1C(C)C. The molecule has 1 aliphatic heterocycles. The van der Waals surface area contributed by atoms with E-state index < -0.39 is 13.6 Å². The molecule has 0 spiro atoms. The predicted molar refractivity (Wildman–Crippen MR) is 136 cm³/mol. The number of nitrogens with zero attached hydrogens (tertiary/aromatic N) is 2. The van der Waals surface area contributed by atoms with Gasteiger partial charge in [0.1, 0.15) is 12.1 Å². The summed E-state index contributed by atoms with van der Waals surface area (Å²) in [5, 5.41) is 0. The summed E-state index contributed by atoms with van der Waals surface area (Å²) in [5.41, 5.74) is 1.06. The van der Waals surface area contributed by atoms with Crippen LogP contribution in [-0.4, -0.2) is 63.1 Å². The number of benzene rings is 1. The molecule has 3 atom stereocenters. The monoisotopic (exact) mass is 496 g/mol. The Bertz CT molecular complexity index is 820. The third-order valence-corrected chi connectivity index (χ3v) is 7.47. The van der Waals surface area contributed by atoms with E-state index in [0.29, 0.717) is 31.6 Å². The van der Waals surface area contributed by atoms with Gasteiger partial charge in [0.2, 0.25) is 11.8 Å². The minimum absolute atomic E-state index is 0.134. The summed E-state index contributed by atoms with van der Waals surface area (Å²) in [5.74, 6) is 0.924. The van der Waals surface area contributed by atoms with Crippen LogP contribution >= 0.6 is 7.60 Å². The van der Waals surface area contributed by atoms with Crippen LogP contribution in [0.15, 0.2) is 40.3 Å². The van der Waals surface area contributed by atoms with Crippen LogP contribution in [0.1, 0.15) is 47.1 Å². The molecule has 9 heteroatoms. The van der Waals surface area contributed by atoms with Crippen molar-refractivity contribution in [3.8, 4) is 0 Å². The Hall–Kier alpha value is -1.73. The summed E-state index contributed by atoms with van der Waals surface area (Å²) >= 11 is 0. The second-order valence-corrected chi connectivity index (χ2v) is 10.4. The van der Waals surface area contributed by atoms with E-state index in [4.69, 9.17) is 33.2 Å². The highest BCUT2D eigenvalue weighted by Gasteiger charge is 2.40. The van der Waals surface area contributed by atoms with Crippen LogP contribution in [0.3, 0.4) is 0 Å². The Kier molecular flexibility index (Phi) is 12.3. The van der Waals surface area contributed by atoms with Crippen LogP contribution in [-0.2, 0) is 34.4 Å². The van der Waals surface area contributed by atoms with Gasteiger partial charge in [-0.15, -0.1) is 0 Å². The van der Waals surface area contributed by atoms with E-state index in [2.05, 4.69) is 13.8 Å². The fourth-order valence-corrected chi connectivity index (χ4v) is 5.74. The molecule has 1 aliphatic rings. The first-order chi connectivity index (χ1) is 16.4. The normalized spacial score (nSPS) is 19.5. The van der Waals surface area contributed by atoms with Crippen molar-refractivity contribution in [1.29, 1.82) is 0 Å². The van der Waals surface area contributed by atoms with E-state index in [1.54, 1.807) is 13.8 Å². The van der Waals surface area contributed by atoms with Crippen LogP contribution in [0, 0.1) is 11.8 Å². The molecule has 0 bridgehead atoms. The second kappa shape index (κ2) is 14.6. The average Bonchev–Trinajstić information content (AvgIpc) is 2.80. The minimum Gasteiger partial charge on any atom is -0.480 e. The predicted octanol–water partition coefficient (Wildman–Crippen LogP) is 5.36. The molecule has 0 saturated heterocycles. The fraction of sp³-hybridized carbons (Fsp3) is 0.680. The molecule has 0 aromatic heterocycles. The van der Waals surface area contributed by atoms with Crippen LogP contribution in [0.5, 0.6) is 0 Å². The second-order valence-electron chi connectivity index (χ2n) is 8.32. The van der Waals surface area contributed by atoms with E-state index in [-0.39, 0.29) is 43.9 Å². The molecule has 1 aromatic rings. The van der Waals surface area contributed by atoms with Crippen LogP contribution in [0.4, 0.5) is 0 Å². The van der Waals surface area contributed by atoms with Crippen molar-refractivity contribution in [2.75, 3.05) is 39.2 Å². The average molecular weight is 497 g/mol. The number of hydrogen-bond donors (Lipinski definition) is 0. The lowest BCUT2D eigenvalue weighted by atomic mass is 9.98. The quantitative estimate of drug-likeness (QED) is 0.322. The molecule has 0 saturated carbocycles. The lowest BCUT2D eigenvalue weighted by Crippen LogP contribution is -2.43. The van der Waals surface area contributed by atoms with Crippen molar-refractivity contribution >= 4 is 19.4 Å². The Morgan fingerprint density at radius 3 is 1.94 bits per heavy atom. The molecular weight excluding hydrogens is 455 g/mol. The van der Waals surface area contributed by atoms with Crippen molar-refractivity contribution < 1.29 is 27.8 Å². The topological polar surface area (TPSA) is 87.9 Å². The van der Waals surface area contributed by atoms with Gasteiger partial charge in [-0.25, -0.2) is 9.98 Å². The van der Waals surface area contributed by atoms with Crippen molar-refractivity contribution in [2.45, 2.75) is 60.2 Å². The summed E-state index contributed by atoms with van der Waals surface area (Å²) in [7, 11) is -3.37. The molecule has 8 nitrogen and oxygen atoms in total. The molecule has 34 heavy (non-hydrogen) atoms. The zero-order chi connectivity index (χ0) is 25.0. The smallest absolute Gasteiger partial charge is 0.331 e. The Morgan fingerprint density at radius 1 is 0.853 bits per heavy atom. The molecular formula is C25H41N2O6P. The zero-order valence-electron chi connectivity index (χ0n) is 21.4. The highest BCUT2D eigenvalue weighted by Crippen LogP contribution is 2.50. The highest BCUT2D eigenvalue weighted by atomic mass is 31.2. The van der Waals surface area contributed by atoms with Gasteiger partial charge in [0.15, 0.2) is 0 Å². The standard InChI is InChI=1S/C25H41N2O6P/c1-7-30-24-22(19(5)6)26-25(31-8-2)23(27-24)21(18-34(28,32-9-3)33-10-4)17-29-16-20-14-12-11-13-15-20/h11-15,19,21-23H,7-10,16-18H2,1-6H3/t21-,22+,23-/m1/s1. The molecule has 1 heterocycles. The third-order valence-electron chi connectivity index (χ3n) is 5.25. The fourth-order valence-electron chi connectivity index (χ4n) is 3.79. The molecule has 0 unspecified atom stereocenters. The molecule has 0 aliphatic carbocycles. The Balaban J connectivity index is 2.37. The lowest BCUT2D eigenvalue weighted by Gasteiger charge is -2.33. The van der Waals surface area contributed by atoms with Gasteiger partial charge < -0.3 is 23.3 Å².